The molecule has 0 saturated carbocycles. The lowest BCUT2D eigenvalue weighted by Crippen LogP contribution is -2.29. The van der Waals surface area contributed by atoms with Crippen LogP contribution in [0.4, 0.5) is 4.39 Å². The molecule has 0 aromatic heterocycles. The van der Waals surface area contributed by atoms with Gasteiger partial charge < -0.3 is 4.90 Å². The molecule has 0 fully saturated rings. The number of carbonyl (C=O) groups is 1. The number of nitrogens with zero attached hydrogens (tertiary/aromatic N) is 1. The number of benzene rings is 1. The quantitative estimate of drug-likeness (QED) is 0.759. The van der Waals surface area contributed by atoms with E-state index in [9.17, 15) is 9.18 Å². The molecule has 0 N–H and O–H groups in total. The summed E-state index contributed by atoms with van der Waals surface area (Å²) >= 11 is 5.82. The van der Waals surface area contributed by atoms with E-state index >= 15 is 0 Å². The molecular formula is C13H17ClFNO. The standard InChI is InChI=1S/C13H17ClFNO/c1-9-4-5-12(15)11(8-9)13(17)16(3)7-6-10(2)14/h4-5,8,10H,6-7H2,1-3H3. The van der Waals surface area contributed by atoms with Gasteiger partial charge in [-0.1, -0.05) is 11.6 Å². The van der Waals surface area contributed by atoms with Gasteiger partial charge in [0.05, 0.1) is 5.56 Å². The summed E-state index contributed by atoms with van der Waals surface area (Å²) in [5.74, 6) is -0.783. The van der Waals surface area contributed by atoms with E-state index < -0.39 is 5.82 Å². The first-order valence-corrected chi connectivity index (χ1v) is 6.01. The van der Waals surface area contributed by atoms with Crippen LogP contribution < -0.4 is 0 Å². The van der Waals surface area contributed by atoms with Crippen molar-refractivity contribution in [3.63, 3.8) is 0 Å². The highest BCUT2D eigenvalue weighted by Crippen LogP contribution is 2.13. The van der Waals surface area contributed by atoms with E-state index in [1.54, 1.807) is 19.2 Å². The Labute approximate surface area is 106 Å². The number of halogens is 2. The molecular weight excluding hydrogens is 241 g/mol. The Morgan fingerprint density at radius 2 is 2.18 bits per heavy atom. The van der Waals surface area contributed by atoms with E-state index in [0.717, 1.165) is 5.56 Å². The van der Waals surface area contributed by atoms with Crippen LogP contribution in [-0.2, 0) is 0 Å². The lowest BCUT2D eigenvalue weighted by atomic mass is 10.1. The second-order valence-electron chi connectivity index (χ2n) is 4.28. The fourth-order valence-corrected chi connectivity index (χ4v) is 1.58. The molecule has 1 atom stereocenters. The van der Waals surface area contributed by atoms with Crippen LogP contribution in [0.1, 0.15) is 29.3 Å². The number of alkyl halides is 1. The van der Waals surface area contributed by atoms with Gasteiger partial charge in [0.15, 0.2) is 0 Å². The van der Waals surface area contributed by atoms with Crippen LogP contribution >= 0.6 is 11.6 Å². The van der Waals surface area contributed by atoms with Crippen LogP contribution in [0.2, 0.25) is 0 Å². The molecule has 17 heavy (non-hydrogen) atoms. The molecule has 1 aromatic rings. The molecule has 94 valence electrons. The van der Waals surface area contributed by atoms with Gasteiger partial charge in [0, 0.05) is 19.0 Å². The van der Waals surface area contributed by atoms with Crippen LogP contribution in [0.3, 0.4) is 0 Å². The predicted octanol–water partition coefficient (Wildman–Crippen LogP) is 3.22. The highest BCUT2D eigenvalue weighted by molar-refractivity contribution is 6.20. The molecule has 1 amide bonds. The number of aryl methyl sites for hydroxylation is 1. The maximum Gasteiger partial charge on any atom is 0.256 e. The zero-order valence-electron chi connectivity index (χ0n) is 10.3. The molecule has 1 aromatic carbocycles. The van der Waals surface area contributed by atoms with Crippen LogP contribution in [-0.4, -0.2) is 29.8 Å². The Morgan fingerprint density at radius 1 is 1.53 bits per heavy atom. The molecule has 0 bridgehead atoms. The van der Waals surface area contributed by atoms with Crippen molar-refractivity contribution in [1.82, 2.24) is 4.90 Å². The maximum absolute atomic E-state index is 13.5. The second kappa shape index (κ2) is 6.01. The van der Waals surface area contributed by atoms with E-state index in [0.29, 0.717) is 13.0 Å². The van der Waals surface area contributed by atoms with Gasteiger partial charge in [-0.05, 0) is 32.4 Å². The normalized spacial score (nSPS) is 12.3. The smallest absolute Gasteiger partial charge is 0.256 e. The molecule has 0 heterocycles. The number of hydrogen-bond acceptors (Lipinski definition) is 1. The summed E-state index contributed by atoms with van der Waals surface area (Å²) < 4.78 is 13.5. The molecule has 0 aliphatic heterocycles. The lowest BCUT2D eigenvalue weighted by Gasteiger charge is -2.18. The van der Waals surface area contributed by atoms with Gasteiger partial charge in [-0.15, -0.1) is 11.6 Å². The average molecular weight is 258 g/mol. The van der Waals surface area contributed by atoms with Gasteiger partial charge in [-0.2, -0.15) is 0 Å². The summed E-state index contributed by atoms with van der Waals surface area (Å²) in [7, 11) is 1.66. The summed E-state index contributed by atoms with van der Waals surface area (Å²) in [5.41, 5.74) is 0.989. The first-order chi connectivity index (χ1) is 7.91. The van der Waals surface area contributed by atoms with Crippen molar-refractivity contribution in [3.05, 3.63) is 35.1 Å². The SMILES string of the molecule is Cc1ccc(F)c(C(=O)N(C)CCC(C)Cl)c1. The lowest BCUT2D eigenvalue weighted by molar-refractivity contribution is 0.0789. The van der Waals surface area contributed by atoms with Crippen molar-refractivity contribution in [2.24, 2.45) is 0 Å². The zero-order chi connectivity index (χ0) is 13.0. The zero-order valence-corrected chi connectivity index (χ0v) is 11.1. The third kappa shape index (κ3) is 4.00. The maximum atomic E-state index is 13.5. The molecule has 0 radical (unpaired) electrons. The van der Waals surface area contributed by atoms with Gasteiger partial charge in [-0.3, -0.25) is 4.79 Å². The van der Waals surface area contributed by atoms with Crippen molar-refractivity contribution in [2.45, 2.75) is 25.6 Å². The molecule has 1 unspecified atom stereocenters. The topological polar surface area (TPSA) is 20.3 Å². The third-order valence-corrected chi connectivity index (χ3v) is 2.78. The summed E-state index contributed by atoms with van der Waals surface area (Å²) in [4.78, 5) is 13.5. The van der Waals surface area contributed by atoms with Gasteiger partial charge in [0.1, 0.15) is 5.82 Å². The number of rotatable bonds is 4. The molecule has 0 aliphatic carbocycles. The molecule has 4 heteroatoms. The number of hydrogen-bond donors (Lipinski definition) is 0. The summed E-state index contributed by atoms with van der Waals surface area (Å²) in [6.07, 6.45) is 0.692. The van der Waals surface area contributed by atoms with E-state index in [-0.39, 0.29) is 16.8 Å². The van der Waals surface area contributed by atoms with E-state index in [1.165, 1.54) is 11.0 Å². The highest BCUT2D eigenvalue weighted by Gasteiger charge is 2.16. The first-order valence-electron chi connectivity index (χ1n) is 5.57. The monoisotopic (exact) mass is 257 g/mol. The molecule has 0 aliphatic rings. The summed E-state index contributed by atoms with van der Waals surface area (Å²) in [5, 5.41) is 0.00704. The minimum atomic E-state index is -0.480. The molecule has 0 saturated heterocycles. The van der Waals surface area contributed by atoms with Crippen molar-refractivity contribution in [1.29, 1.82) is 0 Å². The number of amides is 1. The van der Waals surface area contributed by atoms with Gasteiger partial charge >= 0.3 is 0 Å². The van der Waals surface area contributed by atoms with Crippen LogP contribution in [0.5, 0.6) is 0 Å². The van der Waals surface area contributed by atoms with E-state index in [4.69, 9.17) is 11.6 Å². The Balaban J connectivity index is 2.78. The highest BCUT2D eigenvalue weighted by atomic mass is 35.5. The number of carbonyl (C=O) groups excluding carboxylic acids is 1. The molecule has 1 rings (SSSR count). The Morgan fingerprint density at radius 3 is 2.76 bits per heavy atom. The van der Waals surface area contributed by atoms with Gasteiger partial charge in [0.2, 0.25) is 0 Å². The van der Waals surface area contributed by atoms with Crippen molar-refractivity contribution < 1.29 is 9.18 Å². The van der Waals surface area contributed by atoms with Crippen molar-refractivity contribution in [3.8, 4) is 0 Å². The van der Waals surface area contributed by atoms with Crippen LogP contribution in [0.25, 0.3) is 0 Å². The van der Waals surface area contributed by atoms with Crippen LogP contribution in [0.15, 0.2) is 18.2 Å². The third-order valence-electron chi connectivity index (χ3n) is 2.56. The van der Waals surface area contributed by atoms with E-state index in [2.05, 4.69) is 0 Å². The summed E-state index contributed by atoms with van der Waals surface area (Å²) in [6.45, 7) is 4.22. The fourth-order valence-electron chi connectivity index (χ4n) is 1.48. The minimum Gasteiger partial charge on any atom is -0.342 e. The average Bonchev–Trinajstić information content (AvgIpc) is 2.28. The summed E-state index contributed by atoms with van der Waals surface area (Å²) in [6, 6.07) is 4.53. The Hall–Kier alpha value is -1.09. The minimum absolute atomic E-state index is 0.00704. The Bertz CT molecular complexity index is 406. The van der Waals surface area contributed by atoms with E-state index in [1.807, 2.05) is 13.8 Å². The van der Waals surface area contributed by atoms with Gasteiger partial charge in [0.25, 0.3) is 5.91 Å². The predicted molar refractivity (Wildman–Crippen MR) is 68.0 cm³/mol. The van der Waals surface area contributed by atoms with Gasteiger partial charge in [-0.25, -0.2) is 4.39 Å². The fraction of sp³-hybridized carbons (Fsp3) is 0.462. The van der Waals surface area contributed by atoms with Crippen molar-refractivity contribution >= 4 is 17.5 Å². The van der Waals surface area contributed by atoms with Crippen molar-refractivity contribution in [2.75, 3.05) is 13.6 Å². The Kier molecular flexibility index (Phi) is 4.94. The molecule has 0 spiro atoms. The second-order valence-corrected chi connectivity index (χ2v) is 5.02. The first kappa shape index (κ1) is 14.0. The largest absolute Gasteiger partial charge is 0.342 e. The van der Waals surface area contributed by atoms with Crippen LogP contribution in [0, 0.1) is 12.7 Å². The molecule has 2 nitrogen and oxygen atoms in total.